The van der Waals surface area contributed by atoms with E-state index in [1.165, 1.54) is 88.3 Å². The van der Waals surface area contributed by atoms with Gasteiger partial charge in [-0.25, -0.2) is 0 Å². The average Bonchev–Trinajstić information content (AvgIpc) is 3.36. The van der Waals surface area contributed by atoms with Gasteiger partial charge in [-0.2, -0.15) is 0 Å². The van der Waals surface area contributed by atoms with E-state index in [0.717, 1.165) is 0 Å². The van der Waals surface area contributed by atoms with Crippen LogP contribution in [0, 0.1) is 0 Å². The first-order valence-corrected chi connectivity index (χ1v) is 16.5. The van der Waals surface area contributed by atoms with E-state index in [1.54, 1.807) is 0 Å². The normalized spacial score (nSPS) is 13.1. The summed E-state index contributed by atoms with van der Waals surface area (Å²) in [5.41, 5.74) is 15.4. The molecule has 0 unspecified atom stereocenters. The first-order chi connectivity index (χ1) is 23.0. The minimum Gasteiger partial charge on any atom is -0.0616 e. The summed E-state index contributed by atoms with van der Waals surface area (Å²) in [6.45, 7) is 4.76. The lowest BCUT2D eigenvalue weighted by atomic mass is 9.80. The predicted octanol–water partition coefficient (Wildman–Crippen LogP) is 13.0. The number of hydrogen-bond donors (Lipinski definition) is 0. The summed E-state index contributed by atoms with van der Waals surface area (Å²) >= 11 is 0. The molecule has 0 aliphatic heterocycles. The molecule has 0 spiro atoms. The first-order valence-electron chi connectivity index (χ1n) is 16.5. The summed E-state index contributed by atoms with van der Waals surface area (Å²) in [6, 6.07) is 62.6. The first kappa shape index (κ1) is 27.6. The van der Waals surface area contributed by atoms with Crippen molar-refractivity contribution in [2.45, 2.75) is 19.3 Å². The van der Waals surface area contributed by atoms with E-state index in [9.17, 15) is 0 Å². The second kappa shape index (κ2) is 10.7. The van der Waals surface area contributed by atoms with Crippen LogP contribution in [0.1, 0.15) is 25.0 Å². The van der Waals surface area contributed by atoms with Crippen LogP contribution in [0.3, 0.4) is 0 Å². The summed E-state index contributed by atoms with van der Waals surface area (Å²) in [4.78, 5) is 0. The molecule has 0 N–H and O–H groups in total. The molecule has 0 heteroatoms. The fourth-order valence-electron chi connectivity index (χ4n) is 7.78. The number of fused-ring (bicyclic) bond motifs is 5. The number of rotatable bonds is 4. The van der Waals surface area contributed by atoms with Crippen molar-refractivity contribution in [1.82, 2.24) is 0 Å². The zero-order valence-electron chi connectivity index (χ0n) is 26.7. The van der Waals surface area contributed by atoms with Crippen molar-refractivity contribution in [1.29, 1.82) is 0 Å². The smallest absolute Gasteiger partial charge is 0.0159 e. The molecule has 0 amide bonds. The van der Waals surface area contributed by atoms with E-state index >= 15 is 0 Å². The molecular weight excluding hydrogens is 565 g/mol. The van der Waals surface area contributed by atoms with Gasteiger partial charge in [0.2, 0.25) is 0 Å². The maximum Gasteiger partial charge on any atom is 0.0159 e. The Morgan fingerprint density at radius 3 is 1.17 bits per heavy atom. The minimum absolute atomic E-state index is 0.114. The zero-order chi connectivity index (χ0) is 31.5. The largest absolute Gasteiger partial charge is 0.0616 e. The van der Waals surface area contributed by atoms with Crippen molar-refractivity contribution in [2.24, 2.45) is 0 Å². The van der Waals surface area contributed by atoms with Crippen LogP contribution in [0.2, 0.25) is 0 Å². The standard InChI is InChI=1S/C47H34/c1-47(2)45-29-35(33-15-7-17-37(27-33)41-21-9-13-31-11-3-5-19-39(31)41)23-25-43(45)44-26-24-36(30-46(44)47)34-16-8-18-38(28-34)42-22-10-14-32-12-4-6-20-40(32)42/h3-30H,1-2H3. The van der Waals surface area contributed by atoms with Gasteiger partial charge >= 0.3 is 0 Å². The molecule has 47 heavy (non-hydrogen) atoms. The minimum atomic E-state index is -0.114. The molecule has 0 fully saturated rings. The Kier molecular flexibility index (Phi) is 6.27. The van der Waals surface area contributed by atoms with Crippen LogP contribution in [-0.4, -0.2) is 0 Å². The molecule has 8 aromatic carbocycles. The van der Waals surface area contributed by atoms with Crippen LogP contribution in [0.15, 0.2) is 170 Å². The highest BCUT2D eigenvalue weighted by atomic mass is 14.4. The SMILES string of the molecule is CC1(C)c2cc(-c3cccc(-c4cccc5ccccc45)c3)ccc2-c2ccc(-c3cccc(-c4cccc5ccccc45)c3)cc21. The second-order valence-electron chi connectivity index (χ2n) is 13.4. The van der Waals surface area contributed by atoms with Gasteiger partial charge in [0.1, 0.15) is 0 Å². The monoisotopic (exact) mass is 598 g/mol. The molecule has 0 aromatic heterocycles. The van der Waals surface area contributed by atoms with Crippen molar-refractivity contribution in [3.8, 4) is 55.6 Å². The molecule has 222 valence electrons. The molecule has 8 aromatic rings. The Bertz CT molecular complexity index is 2310. The third kappa shape index (κ3) is 4.52. The van der Waals surface area contributed by atoms with E-state index in [-0.39, 0.29) is 5.41 Å². The summed E-state index contributed by atoms with van der Waals surface area (Å²) in [5.74, 6) is 0. The fraction of sp³-hybridized carbons (Fsp3) is 0.0638. The Morgan fingerprint density at radius 1 is 0.298 bits per heavy atom. The highest BCUT2D eigenvalue weighted by Crippen LogP contribution is 2.51. The Balaban J connectivity index is 1.08. The van der Waals surface area contributed by atoms with Gasteiger partial charge in [-0.05, 0) is 113 Å². The zero-order valence-corrected chi connectivity index (χ0v) is 26.7. The van der Waals surface area contributed by atoms with Gasteiger partial charge in [-0.1, -0.05) is 159 Å². The van der Waals surface area contributed by atoms with E-state index in [1.807, 2.05) is 0 Å². The molecule has 0 saturated carbocycles. The lowest BCUT2D eigenvalue weighted by Crippen LogP contribution is -2.15. The summed E-state index contributed by atoms with van der Waals surface area (Å²) < 4.78 is 0. The number of benzene rings is 8. The van der Waals surface area contributed by atoms with Gasteiger partial charge in [-0.3, -0.25) is 0 Å². The molecule has 1 aliphatic rings. The predicted molar refractivity (Wildman–Crippen MR) is 201 cm³/mol. The van der Waals surface area contributed by atoms with Gasteiger partial charge in [-0.15, -0.1) is 0 Å². The highest BCUT2D eigenvalue weighted by molar-refractivity contribution is 5.98. The quantitative estimate of drug-likeness (QED) is 0.189. The lowest BCUT2D eigenvalue weighted by Gasteiger charge is -2.23. The molecular formula is C47H34. The Labute approximate surface area is 276 Å². The summed E-state index contributed by atoms with van der Waals surface area (Å²) in [7, 11) is 0. The van der Waals surface area contributed by atoms with Gasteiger partial charge in [0, 0.05) is 5.41 Å². The lowest BCUT2D eigenvalue weighted by molar-refractivity contribution is 0.661. The summed E-state index contributed by atoms with van der Waals surface area (Å²) in [6.07, 6.45) is 0. The molecule has 0 radical (unpaired) electrons. The van der Waals surface area contributed by atoms with Crippen LogP contribution in [0.4, 0.5) is 0 Å². The second-order valence-corrected chi connectivity index (χ2v) is 13.4. The molecule has 0 heterocycles. The molecule has 0 atom stereocenters. The van der Waals surface area contributed by atoms with Gasteiger partial charge < -0.3 is 0 Å². The molecule has 0 bridgehead atoms. The van der Waals surface area contributed by atoms with Crippen LogP contribution in [-0.2, 0) is 5.41 Å². The van der Waals surface area contributed by atoms with E-state index in [4.69, 9.17) is 0 Å². The average molecular weight is 599 g/mol. The van der Waals surface area contributed by atoms with Crippen molar-refractivity contribution in [3.63, 3.8) is 0 Å². The molecule has 1 aliphatic carbocycles. The molecule has 9 rings (SSSR count). The van der Waals surface area contributed by atoms with Crippen LogP contribution in [0.25, 0.3) is 77.2 Å². The van der Waals surface area contributed by atoms with E-state index < -0.39 is 0 Å². The maximum atomic E-state index is 2.43. The van der Waals surface area contributed by atoms with Gasteiger partial charge in [0.05, 0.1) is 0 Å². The van der Waals surface area contributed by atoms with Crippen LogP contribution < -0.4 is 0 Å². The Hall–Kier alpha value is -5.72. The third-order valence-electron chi connectivity index (χ3n) is 10.3. The van der Waals surface area contributed by atoms with Crippen molar-refractivity contribution in [2.75, 3.05) is 0 Å². The van der Waals surface area contributed by atoms with Crippen molar-refractivity contribution >= 4 is 21.5 Å². The fourth-order valence-corrected chi connectivity index (χ4v) is 7.78. The topological polar surface area (TPSA) is 0 Å². The van der Waals surface area contributed by atoms with Crippen molar-refractivity contribution < 1.29 is 0 Å². The third-order valence-corrected chi connectivity index (χ3v) is 10.3. The van der Waals surface area contributed by atoms with Crippen LogP contribution >= 0.6 is 0 Å². The van der Waals surface area contributed by atoms with Crippen LogP contribution in [0.5, 0.6) is 0 Å². The van der Waals surface area contributed by atoms with E-state index in [2.05, 4.69) is 184 Å². The maximum absolute atomic E-state index is 2.43. The van der Waals surface area contributed by atoms with E-state index in [0.29, 0.717) is 0 Å². The van der Waals surface area contributed by atoms with Crippen molar-refractivity contribution in [3.05, 3.63) is 181 Å². The molecule has 0 saturated heterocycles. The summed E-state index contributed by atoms with van der Waals surface area (Å²) in [5, 5.41) is 5.12. The van der Waals surface area contributed by atoms with Gasteiger partial charge in [0.15, 0.2) is 0 Å². The Morgan fingerprint density at radius 2 is 0.681 bits per heavy atom. The highest BCUT2D eigenvalue weighted by Gasteiger charge is 2.36. The van der Waals surface area contributed by atoms with Gasteiger partial charge in [0.25, 0.3) is 0 Å². The molecule has 0 nitrogen and oxygen atoms in total. The number of hydrogen-bond acceptors (Lipinski definition) is 0.